The van der Waals surface area contributed by atoms with Crippen LogP contribution in [-0.2, 0) is 4.79 Å². The van der Waals surface area contributed by atoms with Crippen LogP contribution in [0.4, 0.5) is 0 Å². The second-order valence-electron chi connectivity index (χ2n) is 15.7. The Hall–Kier alpha value is -0.410. The summed E-state index contributed by atoms with van der Waals surface area (Å²) in [5, 5.41) is 22.1. The molecule has 0 radical (unpaired) electrons. The fourth-order valence-corrected chi connectivity index (χ4v) is 10.4. The van der Waals surface area contributed by atoms with Crippen LogP contribution >= 0.6 is 0 Å². The minimum Gasteiger partial charge on any atom is -0.393 e. The molecule has 4 fully saturated rings. The quantitative estimate of drug-likeness (QED) is 0.424. The Morgan fingerprint density at radius 2 is 1.50 bits per heavy atom. The second-order valence-corrected chi connectivity index (χ2v) is 15.7. The second kappa shape index (κ2) is 8.30. The maximum Gasteiger partial charge on any atom is 0.126 e. The predicted octanol–water partition coefficient (Wildman–Crippen LogP) is 7.18. The van der Waals surface area contributed by atoms with E-state index >= 15 is 0 Å². The Bertz CT molecular complexity index is 788. The highest BCUT2D eigenvalue weighted by atomic mass is 16.3. The van der Waals surface area contributed by atoms with Crippen LogP contribution in [0.1, 0.15) is 126 Å². The van der Waals surface area contributed by atoms with E-state index in [4.69, 9.17) is 0 Å². The summed E-state index contributed by atoms with van der Waals surface area (Å²) >= 11 is 0. The molecule has 1 unspecified atom stereocenters. The maximum absolute atomic E-state index is 12.6. The Morgan fingerprint density at radius 3 is 2.12 bits per heavy atom. The van der Waals surface area contributed by atoms with Crippen molar-refractivity contribution in [3.05, 3.63) is 0 Å². The van der Waals surface area contributed by atoms with Crippen molar-refractivity contribution in [1.82, 2.24) is 0 Å². The number of hydrogen-bond acceptors (Lipinski definition) is 3. The van der Waals surface area contributed by atoms with Crippen molar-refractivity contribution >= 4 is 6.29 Å². The van der Waals surface area contributed by atoms with Gasteiger partial charge in [-0.1, -0.05) is 55.4 Å². The van der Waals surface area contributed by atoms with Gasteiger partial charge in [-0.15, -0.1) is 0 Å². The van der Waals surface area contributed by atoms with Gasteiger partial charge in [0.05, 0.1) is 12.2 Å². The van der Waals surface area contributed by atoms with Crippen molar-refractivity contribution in [1.29, 1.82) is 0 Å². The van der Waals surface area contributed by atoms with Gasteiger partial charge in [0.1, 0.15) is 6.29 Å². The third-order valence-electron chi connectivity index (χ3n) is 13.1. The third-order valence-corrected chi connectivity index (χ3v) is 13.1. The fraction of sp³-hybridized carbons (Fsp3) is 0.968. The van der Waals surface area contributed by atoms with Gasteiger partial charge in [0.25, 0.3) is 0 Å². The van der Waals surface area contributed by atoms with Crippen LogP contribution in [0.3, 0.4) is 0 Å². The van der Waals surface area contributed by atoms with Gasteiger partial charge in [-0.3, -0.25) is 0 Å². The van der Waals surface area contributed by atoms with E-state index in [9.17, 15) is 15.0 Å². The Labute approximate surface area is 209 Å². The molecule has 3 heteroatoms. The molecular weight excluding hydrogens is 420 g/mol. The van der Waals surface area contributed by atoms with Gasteiger partial charge in [-0.05, 0) is 115 Å². The van der Waals surface area contributed by atoms with Crippen molar-refractivity contribution in [2.75, 3.05) is 0 Å². The van der Waals surface area contributed by atoms with Gasteiger partial charge in [-0.2, -0.15) is 0 Å². The monoisotopic (exact) mass is 474 g/mol. The van der Waals surface area contributed by atoms with Crippen LogP contribution in [0, 0.1) is 50.2 Å². The lowest BCUT2D eigenvalue weighted by Crippen LogP contribution is -2.64. The molecular formula is C31H54O3. The molecule has 0 amide bonds. The highest BCUT2D eigenvalue weighted by Crippen LogP contribution is 2.72. The van der Waals surface area contributed by atoms with Gasteiger partial charge >= 0.3 is 0 Å². The first-order chi connectivity index (χ1) is 15.6. The molecule has 4 aliphatic carbocycles. The topological polar surface area (TPSA) is 57.5 Å². The number of carbonyl (C=O) groups excluding carboxylic acids is 1. The maximum atomic E-state index is 12.6. The van der Waals surface area contributed by atoms with Crippen LogP contribution in [0.5, 0.6) is 0 Å². The van der Waals surface area contributed by atoms with Gasteiger partial charge in [0, 0.05) is 5.41 Å². The first-order valence-corrected chi connectivity index (χ1v) is 14.4. The summed E-state index contributed by atoms with van der Waals surface area (Å²) in [6.07, 6.45) is 12.1. The summed E-state index contributed by atoms with van der Waals surface area (Å²) in [4.78, 5) is 12.6. The van der Waals surface area contributed by atoms with Gasteiger partial charge in [0.15, 0.2) is 0 Å². The number of rotatable bonds is 4. The zero-order chi connectivity index (χ0) is 25.4. The van der Waals surface area contributed by atoms with Crippen molar-refractivity contribution in [2.24, 2.45) is 50.2 Å². The normalized spacial score (nSPS) is 52.4. The summed E-state index contributed by atoms with van der Waals surface area (Å²) in [6, 6.07) is 0. The van der Waals surface area contributed by atoms with E-state index in [1.54, 1.807) is 0 Å². The standard InChI is InChI=1S/C31H54O3/c1-21-18-26(2,3)13-15-31(21,20-32)16-14-28(6)19-22(33)17-24-29(7)11-10-25(34)27(4,5)23(29)9-12-30(24,28)8/h20-25,33-34H,9-19H2,1-8H3/t21?,22-,23+,24-,25+,28-,29+,30-,31-/m1/s1. The first-order valence-electron chi connectivity index (χ1n) is 14.4. The molecule has 0 spiro atoms. The number of aldehydes is 1. The smallest absolute Gasteiger partial charge is 0.126 e. The summed E-state index contributed by atoms with van der Waals surface area (Å²) in [6.45, 7) is 19.0. The van der Waals surface area contributed by atoms with E-state index in [1.807, 2.05) is 0 Å². The molecule has 0 aliphatic heterocycles. The zero-order valence-electron chi connectivity index (χ0n) is 23.5. The van der Waals surface area contributed by atoms with Crippen LogP contribution in [0.25, 0.3) is 0 Å². The SMILES string of the molecule is CC1CC(C)(C)CC[C@]1(C=O)CC[C@]1(C)C[C@H](O)C[C@@H]2[C@@]3(C)CC[C@H](O)C(C)(C)[C@@H]3CC[C@]21C. The Balaban J connectivity index is 1.63. The highest BCUT2D eigenvalue weighted by Gasteiger charge is 2.66. The molecule has 4 rings (SSSR count). The number of aliphatic hydroxyl groups is 2. The lowest BCUT2D eigenvalue weighted by atomic mass is 9.36. The number of fused-ring (bicyclic) bond motifs is 3. The molecule has 34 heavy (non-hydrogen) atoms. The van der Waals surface area contributed by atoms with Crippen molar-refractivity contribution in [2.45, 2.75) is 138 Å². The third kappa shape index (κ3) is 3.85. The van der Waals surface area contributed by atoms with Gasteiger partial charge < -0.3 is 15.0 Å². The average Bonchev–Trinajstić information content (AvgIpc) is 2.72. The molecule has 4 saturated carbocycles. The Kier molecular flexibility index (Phi) is 6.51. The van der Waals surface area contributed by atoms with E-state index in [0.29, 0.717) is 23.2 Å². The van der Waals surface area contributed by atoms with E-state index in [1.165, 1.54) is 19.1 Å². The number of hydrogen-bond donors (Lipinski definition) is 2. The van der Waals surface area contributed by atoms with E-state index in [-0.39, 0.29) is 39.3 Å². The van der Waals surface area contributed by atoms with E-state index < -0.39 is 0 Å². The molecule has 9 atom stereocenters. The molecule has 4 aliphatic rings. The van der Waals surface area contributed by atoms with Crippen molar-refractivity contribution in [3.63, 3.8) is 0 Å². The fourth-order valence-electron chi connectivity index (χ4n) is 10.4. The number of aliphatic hydroxyl groups excluding tert-OH is 2. The van der Waals surface area contributed by atoms with Crippen LogP contribution in [0.15, 0.2) is 0 Å². The minimum atomic E-state index is -0.261. The minimum absolute atomic E-state index is 0.0339. The van der Waals surface area contributed by atoms with Crippen molar-refractivity contribution in [3.8, 4) is 0 Å². The lowest BCUT2D eigenvalue weighted by molar-refractivity contribution is -0.228. The largest absolute Gasteiger partial charge is 0.393 e. The summed E-state index contributed by atoms with van der Waals surface area (Å²) in [5.41, 5.74) is 0.412. The van der Waals surface area contributed by atoms with Crippen molar-refractivity contribution < 1.29 is 15.0 Å². The van der Waals surface area contributed by atoms with Crippen LogP contribution in [0.2, 0.25) is 0 Å². The van der Waals surface area contributed by atoms with Crippen LogP contribution < -0.4 is 0 Å². The van der Waals surface area contributed by atoms with E-state index in [0.717, 1.165) is 57.8 Å². The lowest BCUT2D eigenvalue weighted by Gasteiger charge is -2.69. The molecule has 2 N–H and O–H groups in total. The van der Waals surface area contributed by atoms with Crippen LogP contribution in [-0.4, -0.2) is 28.7 Å². The van der Waals surface area contributed by atoms with Gasteiger partial charge in [-0.25, -0.2) is 0 Å². The summed E-state index contributed by atoms with van der Waals surface area (Å²) < 4.78 is 0. The molecule has 0 saturated heterocycles. The molecule has 0 aromatic rings. The molecule has 0 bridgehead atoms. The zero-order valence-corrected chi connectivity index (χ0v) is 23.5. The number of carbonyl (C=O) groups is 1. The molecule has 196 valence electrons. The molecule has 0 aromatic heterocycles. The summed E-state index contributed by atoms with van der Waals surface area (Å²) in [7, 11) is 0. The average molecular weight is 475 g/mol. The molecule has 0 heterocycles. The highest BCUT2D eigenvalue weighted by molar-refractivity contribution is 5.60. The first kappa shape index (κ1) is 26.6. The Morgan fingerprint density at radius 1 is 0.824 bits per heavy atom. The molecule has 0 aromatic carbocycles. The van der Waals surface area contributed by atoms with E-state index in [2.05, 4.69) is 55.4 Å². The summed E-state index contributed by atoms with van der Waals surface area (Å²) in [5.74, 6) is 1.39. The predicted molar refractivity (Wildman–Crippen MR) is 139 cm³/mol. The molecule has 3 nitrogen and oxygen atoms in total. The van der Waals surface area contributed by atoms with Gasteiger partial charge in [0.2, 0.25) is 0 Å².